The fourth-order valence-corrected chi connectivity index (χ4v) is 3.26. The molecule has 7 heteroatoms. The summed E-state index contributed by atoms with van der Waals surface area (Å²) >= 11 is 0. The maximum Gasteiger partial charge on any atom is 0.387 e. The molecule has 1 fully saturated rings. The number of hydrogen-bond donors (Lipinski definition) is 0. The second-order valence-corrected chi connectivity index (χ2v) is 6.64. The van der Waals surface area contributed by atoms with Crippen molar-refractivity contribution in [2.24, 2.45) is 0 Å². The normalized spacial score (nSPS) is 15.1. The van der Waals surface area contributed by atoms with Crippen molar-refractivity contribution in [1.82, 2.24) is 9.80 Å². The van der Waals surface area contributed by atoms with Crippen LogP contribution in [0.1, 0.15) is 27.9 Å². The summed E-state index contributed by atoms with van der Waals surface area (Å²) in [7, 11) is 0. The molecule has 0 aromatic heterocycles. The number of ether oxygens (including phenoxy) is 1. The zero-order valence-electron chi connectivity index (χ0n) is 15.4. The number of carbonyl (C=O) groups is 1. The molecular formula is C21H21F2N3O2. The number of halogens is 2. The van der Waals surface area contributed by atoms with Crippen molar-refractivity contribution in [3.8, 4) is 11.8 Å². The smallest absolute Gasteiger partial charge is 0.387 e. The van der Waals surface area contributed by atoms with Gasteiger partial charge in [-0.05, 0) is 42.3 Å². The van der Waals surface area contributed by atoms with Crippen LogP contribution in [-0.2, 0) is 6.54 Å². The first-order valence-corrected chi connectivity index (χ1v) is 9.11. The first-order valence-electron chi connectivity index (χ1n) is 9.11. The molecule has 0 N–H and O–H groups in total. The summed E-state index contributed by atoms with van der Waals surface area (Å²) in [6.45, 7) is 0.597. The van der Waals surface area contributed by atoms with Gasteiger partial charge in [0.2, 0.25) is 0 Å². The number of alkyl halides is 2. The zero-order chi connectivity index (χ0) is 19.9. The lowest BCUT2D eigenvalue weighted by molar-refractivity contribution is -0.0499. The van der Waals surface area contributed by atoms with Gasteiger partial charge in [0.05, 0.1) is 11.6 Å². The maximum atomic E-state index is 12.8. The zero-order valence-corrected chi connectivity index (χ0v) is 15.4. The summed E-state index contributed by atoms with van der Waals surface area (Å²) in [4.78, 5) is 16.8. The highest BCUT2D eigenvalue weighted by Gasteiger charge is 2.21. The molecule has 3 rings (SSSR count). The Balaban J connectivity index is 1.59. The second-order valence-electron chi connectivity index (χ2n) is 6.64. The molecule has 2 aromatic rings. The number of nitrogens with zero attached hydrogens (tertiary/aromatic N) is 3. The third-order valence-corrected chi connectivity index (χ3v) is 4.67. The highest BCUT2D eigenvalue weighted by Crippen LogP contribution is 2.18. The fraction of sp³-hybridized carbons (Fsp3) is 0.333. The van der Waals surface area contributed by atoms with Gasteiger partial charge in [0.25, 0.3) is 5.91 Å². The van der Waals surface area contributed by atoms with Crippen LogP contribution in [0, 0.1) is 11.3 Å². The van der Waals surface area contributed by atoms with E-state index < -0.39 is 6.61 Å². The molecule has 1 aliphatic heterocycles. The van der Waals surface area contributed by atoms with Crippen molar-refractivity contribution in [2.75, 3.05) is 26.2 Å². The van der Waals surface area contributed by atoms with Crippen molar-refractivity contribution in [3.05, 3.63) is 65.2 Å². The Hall–Kier alpha value is -2.98. The van der Waals surface area contributed by atoms with Crippen LogP contribution < -0.4 is 4.74 Å². The molecule has 28 heavy (non-hydrogen) atoms. The van der Waals surface area contributed by atoms with Gasteiger partial charge in [-0.1, -0.05) is 18.2 Å². The molecule has 5 nitrogen and oxygen atoms in total. The molecule has 0 aliphatic carbocycles. The van der Waals surface area contributed by atoms with E-state index in [-0.39, 0.29) is 11.7 Å². The van der Waals surface area contributed by atoms with Crippen molar-refractivity contribution in [3.63, 3.8) is 0 Å². The van der Waals surface area contributed by atoms with E-state index in [1.54, 1.807) is 29.2 Å². The van der Waals surface area contributed by atoms with E-state index in [0.29, 0.717) is 24.2 Å². The van der Waals surface area contributed by atoms with Gasteiger partial charge >= 0.3 is 6.61 Å². The molecule has 0 spiro atoms. The summed E-state index contributed by atoms with van der Waals surface area (Å²) in [5.41, 5.74) is 2.10. The van der Waals surface area contributed by atoms with E-state index >= 15 is 0 Å². The Morgan fingerprint density at radius 3 is 2.61 bits per heavy atom. The van der Waals surface area contributed by atoms with E-state index in [0.717, 1.165) is 31.6 Å². The minimum absolute atomic E-state index is 0.0156. The van der Waals surface area contributed by atoms with Gasteiger partial charge in [-0.3, -0.25) is 9.69 Å². The Kier molecular flexibility index (Phi) is 6.56. The standard InChI is InChI=1S/C21H21F2N3O2/c22-21(23)28-19-4-1-3-18(13-19)20(27)26-10-2-9-25(11-12-26)15-17-7-5-16(14-24)6-8-17/h1,3-8,13,21H,2,9-12,15H2. The summed E-state index contributed by atoms with van der Waals surface area (Å²) in [5.74, 6) is -0.196. The van der Waals surface area contributed by atoms with Gasteiger partial charge in [-0.2, -0.15) is 14.0 Å². The van der Waals surface area contributed by atoms with Gasteiger partial charge in [0.15, 0.2) is 0 Å². The molecule has 0 radical (unpaired) electrons. The average Bonchev–Trinajstić information content (AvgIpc) is 2.93. The van der Waals surface area contributed by atoms with Crippen molar-refractivity contribution < 1.29 is 18.3 Å². The molecule has 2 aromatic carbocycles. The highest BCUT2D eigenvalue weighted by molar-refractivity contribution is 5.94. The van der Waals surface area contributed by atoms with Crippen molar-refractivity contribution >= 4 is 5.91 Å². The lowest BCUT2D eigenvalue weighted by Gasteiger charge is -2.22. The first kappa shape index (κ1) is 19.8. The van der Waals surface area contributed by atoms with Gasteiger partial charge in [-0.25, -0.2) is 0 Å². The maximum absolute atomic E-state index is 12.8. The van der Waals surface area contributed by atoms with E-state index in [1.165, 1.54) is 12.1 Å². The molecule has 0 atom stereocenters. The van der Waals surface area contributed by atoms with E-state index in [1.807, 2.05) is 12.1 Å². The summed E-state index contributed by atoms with van der Waals surface area (Å²) < 4.78 is 29.2. The van der Waals surface area contributed by atoms with Crippen LogP contribution in [0.25, 0.3) is 0 Å². The molecule has 1 aliphatic rings. The van der Waals surface area contributed by atoms with Crippen LogP contribution in [-0.4, -0.2) is 48.5 Å². The molecule has 1 heterocycles. The Labute approximate surface area is 162 Å². The predicted molar refractivity (Wildman–Crippen MR) is 100 cm³/mol. The van der Waals surface area contributed by atoms with Gasteiger partial charge in [-0.15, -0.1) is 0 Å². The van der Waals surface area contributed by atoms with E-state index in [2.05, 4.69) is 15.7 Å². The minimum Gasteiger partial charge on any atom is -0.435 e. The fourth-order valence-electron chi connectivity index (χ4n) is 3.26. The molecule has 0 bridgehead atoms. The Morgan fingerprint density at radius 1 is 1.11 bits per heavy atom. The molecule has 0 saturated carbocycles. The number of nitriles is 1. The number of amides is 1. The Bertz CT molecular complexity index is 849. The predicted octanol–water partition coefficient (Wildman–Crippen LogP) is 3.51. The summed E-state index contributed by atoms with van der Waals surface area (Å²) in [6.07, 6.45) is 0.829. The van der Waals surface area contributed by atoms with Crippen LogP contribution >= 0.6 is 0 Å². The molecular weight excluding hydrogens is 364 g/mol. The van der Waals surface area contributed by atoms with Gasteiger partial charge in [0.1, 0.15) is 5.75 Å². The molecule has 1 saturated heterocycles. The van der Waals surface area contributed by atoms with Crippen LogP contribution in [0.3, 0.4) is 0 Å². The third kappa shape index (κ3) is 5.27. The lowest BCUT2D eigenvalue weighted by atomic mass is 10.1. The summed E-state index contributed by atoms with van der Waals surface area (Å²) in [5, 5.41) is 8.88. The third-order valence-electron chi connectivity index (χ3n) is 4.67. The van der Waals surface area contributed by atoms with Crippen molar-refractivity contribution in [2.45, 2.75) is 19.6 Å². The number of benzene rings is 2. The first-order chi connectivity index (χ1) is 13.5. The molecule has 146 valence electrons. The lowest BCUT2D eigenvalue weighted by Crippen LogP contribution is -2.35. The second kappa shape index (κ2) is 9.29. The SMILES string of the molecule is N#Cc1ccc(CN2CCCN(C(=O)c3cccc(OC(F)F)c3)CC2)cc1. The number of rotatable bonds is 5. The minimum atomic E-state index is -2.92. The van der Waals surface area contributed by atoms with Crippen LogP contribution in [0.5, 0.6) is 5.75 Å². The average molecular weight is 385 g/mol. The Morgan fingerprint density at radius 2 is 1.89 bits per heavy atom. The van der Waals surface area contributed by atoms with E-state index in [9.17, 15) is 13.6 Å². The topological polar surface area (TPSA) is 56.6 Å². The van der Waals surface area contributed by atoms with Gasteiger partial charge in [0, 0.05) is 38.3 Å². The highest BCUT2D eigenvalue weighted by atomic mass is 19.3. The number of hydrogen-bond acceptors (Lipinski definition) is 4. The van der Waals surface area contributed by atoms with E-state index in [4.69, 9.17) is 5.26 Å². The summed E-state index contributed by atoms with van der Waals surface area (Å²) in [6, 6.07) is 15.5. The monoisotopic (exact) mass is 385 g/mol. The quantitative estimate of drug-likeness (QED) is 0.790. The molecule has 0 unspecified atom stereocenters. The number of carbonyl (C=O) groups excluding carboxylic acids is 1. The molecule has 1 amide bonds. The van der Waals surface area contributed by atoms with Crippen molar-refractivity contribution in [1.29, 1.82) is 5.26 Å². The largest absolute Gasteiger partial charge is 0.435 e. The van der Waals surface area contributed by atoms with Crippen LogP contribution in [0.2, 0.25) is 0 Å². The van der Waals surface area contributed by atoms with Gasteiger partial charge < -0.3 is 9.64 Å². The van der Waals surface area contributed by atoms with Crippen LogP contribution in [0.15, 0.2) is 48.5 Å². The van der Waals surface area contributed by atoms with Crippen LogP contribution in [0.4, 0.5) is 8.78 Å².